The Morgan fingerprint density at radius 3 is 2.80 bits per heavy atom. The summed E-state index contributed by atoms with van der Waals surface area (Å²) in [6.07, 6.45) is 0.801. The Labute approximate surface area is 131 Å². The van der Waals surface area contributed by atoms with E-state index in [9.17, 15) is 0 Å². The van der Waals surface area contributed by atoms with E-state index < -0.39 is 0 Å². The molecule has 2 heterocycles. The van der Waals surface area contributed by atoms with Gasteiger partial charge in [0.2, 0.25) is 0 Å². The summed E-state index contributed by atoms with van der Waals surface area (Å²) in [6.45, 7) is 2.00. The summed E-state index contributed by atoms with van der Waals surface area (Å²) in [5, 5.41) is 5.45. The van der Waals surface area contributed by atoms with E-state index in [1.165, 1.54) is 5.56 Å². The van der Waals surface area contributed by atoms with Gasteiger partial charge in [-0.3, -0.25) is 0 Å². The molecular formula is C15H12Cl2N2S. The molecule has 0 atom stereocenters. The van der Waals surface area contributed by atoms with Crippen molar-refractivity contribution in [1.82, 2.24) is 9.97 Å². The number of thiophene rings is 1. The van der Waals surface area contributed by atoms with Crippen LogP contribution in [0, 0.1) is 6.92 Å². The van der Waals surface area contributed by atoms with E-state index >= 15 is 0 Å². The Morgan fingerprint density at radius 2 is 2.10 bits per heavy atom. The van der Waals surface area contributed by atoms with Crippen LogP contribution >= 0.6 is 34.5 Å². The summed E-state index contributed by atoms with van der Waals surface area (Å²) in [7, 11) is 0. The quantitative estimate of drug-likeness (QED) is 0.692. The maximum absolute atomic E-state index is 6.25. The molecule has 102 valence electrons. The number of aromatic amines is 1. The standard InChI is InChI=1S/C15H12Cl2N2S/c1-9-15(12-3-2-11(16)7-13(12)17)19-14(18-9)6-10-4-5-20-8-10/h2-5,7-8H,6H2,1H3,(H,18,19). The summed E-state index contributed by atoms with van der Waals surface area (Å²) in [4.78, 5) is 7.99. The minimum absolute atomic E-state index is 0.620. The lowest BCUT2D eigenvalue weighted by Gasteiger charge is -2.02. The van der Waals surface area contributed by atoms with E-state index in [1.54, 1.807) is 17.4 Å². The highest BCUT2D eigenvalue weighted by atomic mass is 35.5. The molecule has 0 aliphatic heterocycles. The number of H-pyrrole nitrogens is 1. The van der Waals surface area contributed by atoms with Crippen LogP contribution < -0.4 is 0 Å². The molecule has 1 aromatic carbocycles. The number of halogens is 2. The van der Waals surface area contributed by atoms with Gasteiger partial charge < -0.3 is 4.98 Å². The maximum Gasteiger partial charge on any atom is 0.111 e. The molecule has 0 spiro atoms. The molecule has 0 amide bonds. The molecule has 2 aromatic heterocycles. The maximum atomic E-state index is 6.25. The van der Waals surface area contributed by atoms with Crippen molar-refractivity contribution in [1.29, 1.82) is 0 Å². The number of aryl methyl sites for hydroxylation is 1. The van der Waals surface area contributed by atoms with E-state index in [4.69, 9.17) is 23.2 Å². The zero-order valence-corrected chi connectivity index (χ0v) is 13.1. The number of benzene rings is 1. The summed E-state index contributed by atoms with van der Waals surface area (Å²) >= 11 is 13.9. The average Bonchev–Trinajstić information content (AvgIpc) is 3.00. The molecule has 0 radical (unpaired) electrons. The highest BCUT2D eigenvalue weighted by molar-refractivity contribution is 7.07. The van der Waals surface area contributed by atoms with Gasteiger partial charge in [-0.1, -0.05) is 23.2 Å². The molecule has 2 nitrogen and oxygen atoms in total. The molecule has 0 unspecified atom stereocenters. The largest absolute Gasteiger partial charge is 0.345 e. The normalized spacial score (nSPS) is 10.9. The lowest BCUT2D eigenvalue weighted by Crippen LogP contribution is -1.88. The zero-order chi connectivity index (χ0) is 14.1. The second-order valence-electron chi connectivity index (χ2n) is 4.59. The topological polar surface area (TPSA) is 28.7 Å². The van der Waals surface area contributed by atoms with E-state index in [1.807, 2.05) is 19.1 Å². The number of nitrogens with one attached hydrogen (secondary N) is 1. The Kier molecular flexibility index (Phi) is 3.83. The predicted octanol–water partition coefficient (Wildman–Crippen LogP) is 5.34. The highest BCUT2D eigenvalue weighted by Gasteiger charge is 2.12. The first kappa shape index (κ1) is 13.7. The molecule has 3 rings (SSSR count). The lowest BCUT2D eigenvalue weighted by atomic mass is 10.1. The van der Waals surface area contributed by atoms with Crippen molar-refractivity contribution in [2.75, 3.05) is 0 Å². The van der Waals surface area contributed by atoms with Gasteiger partial charge in [-0.25, -0.2) is 4.98 Å². The number of hydrogen-bond donors (Lipinski definition) is 1. The Hall–Kier alpha value is -1.29. The van der Waals surface area contributed by atoms with Gasteiger partial charge in [-0.2, -0.15) is 11.3 Å². The van der Waals surface area contributed by atoms with Crippen LogP contribution in [0.1, 0.15) is 17.1 Å². The van der Waals surface area contributed by atoms with E-state index in [2.05, 4.69) is 26.8 Å². The highest BCUT2D eigenvalue weighted by Crippen LogP contribution is 2.31. The van der Waals surface area contributed by atoms with Gasteiger partial charge in [0.25, 0.3) is 0 Å². The Balaban J connectivity index is 1.96. The zero-order valence-electron chi connectivity index (χ0n) is 10.8. The van der Waals surface area contributed by atoms with Crippen LogP contribution in [0.25, 0.3) is 11.3 Å². The van der Waals surface area contributed by atoms with Crippen LogP contribution in [-0.2, 0) is 6.42 Å². The van der Waals surface area contributed by atoms with Gasteiger partial charge in [-0.15, -0.1) is 0 Å². The van der Waals surface area contributed by atoms with Crippen LogP contribution in [-0.4, -0.2) is 9.97 Å². The van der Waals surface area contributed by atoms with Crippen molar-refractivity contribution in [2.45, 2.75) is 13.3 Å². The fourth-order valence-corrected chi connectivity index (χ4v) is 3.30. The third-order valence-corrected chi connectivity index (χ3v) is 4.35. The van der Waals surface area contributed by atoms with E-state index in [0.29, 0.717) is 10.0 Å². The summed E-state index contributed by atoms with van der Waals surface area (Å²) in [5.74, 6) is 0.946. The van der Waals surface area contributed by atoms with Gasteiger partial charge in [-0.05, 0) is 47.5 Å². The van der Waals surface area contributed by atoms with Crippen molar-refractivity contribution in [3.8, 4) is 11.3 Å². The first-order chi connectivity index (χ1) is 9.63. The number of nitrogens with zero attached hydrogens (tertiary/aromatic N) is 1. The van der Waals surface area contributed by atoms with Gasteiger partial charge in [0.15, 0.2) is 0 Å². The molecule has 1 N–H and O–H groups in total. The third-order valence-electron chi connectivity index (χ3n) is 3.07. The van der Waals surface area contributed by atoms with Crippen molar-refractivity contribution in [3.63, 3.8) is 0 Å². The van der Waals surface area contributed by atoms with Crippen molar-refractivity contribution < 1.29 is 0 Å². The van der Waals surface area contributed by atoms with Crippen molar-refractivity contribution in [2.24, 2.45) is 0 Å². The minimum Gasteiger partial charge on any atom is -0.345 e. The van der Waals surface area contributed by atoms with Gasteiger partial charge in [0.1, 0.15) is 5.82 Å². The van der Waals surface area contributed by atoms with E-state index in [-0.39, 0.29) is 0 Å². The molecule has 5 heteroatoms. The smallest absolute Gasteiger partial charge is 0.111 e. The first-order valence-electron chi connectivity index (χ1n) is 6.15. The van der Waals surface area contributed by atoms with Crippen LogP contribution in [0.2, 0.25) is 10.0 Å². The van der Waals surface area contributed by atoms with Crippen LogP contribution in [0.5, 0.6) is 0 Å². The molecule has 20 heavy (non-hydrogen) atoms. The van der Waals surface area contributed by atoms with Gasteiger partial charge in [0.05, 0.1) is 10.7 Å². The summed E-state index contributed by atoms with van der Waals surface area (Å²) in [6, 6.07) is 7.58. The molecule has 3 aromatic rings. The molecule has 0 aliphatic rings. The number of imidazole rings is 1. The second-order valence-corrected chi connectivity index (χ2v) is 6.21. The fourth-order valence-electron chi connectivity index (χ4n) is 2.14. The van der Waals surface area contributed by atoms with Crippen LogP contribution in [0.4, 0.5) is 0 Å². The number of aromatic nitrogens is 2. The predicted molar refractivity (Wildman–Crippen MR) is 85.9 cm³/mol. The van der Waals surface area contributed by atoms with Crippen LogP contribution in [0.3, 0.4) is 0 Å². The molecular weight excluding hydrogens is 311 g/mol. The molecule has 0 saturated carbocycles. The van der Waals surface area contributed by atoms with Crippen molar-refractivity contribution >= 4 is 34.5 Å². The number of hydrogen-bond acceptors (Lipinski definition) is 2. The number of rotatable bonds is 3. The minimum atomic E-state index is 0.620. The van der Waals surface area contributed by atoms with Crippen LogP contribution in [0.15, 0.2) is 35.0 Å². The third kappa shape index (κ3) is 2.75. The molecule has 0 fully saturated rings. The summed E-state index contributed by atoms with van der Waals surface area (Å²) in [5.41, 5.74) is 4.07. The first-order valence-corrected chi connectivity index (χ1v) is 7.85. The fraction of sp³-hybridized carbons (Fsp3) is 0.133. The molecule has 0 saturated heterocycles. The van der Waals surface area contributed by atoms with Crippen molar-refractivity contribution in [3.05, 3.63) is 62.2 Å². The Bertz CT molecular complexity index is 732. The van der Waals surface area contributed by atoms with Gasteiger partial charge >= 0.3 is 0 Å². The molecule has 0 aliphatic carbocycles. The SMILES string of the molecule is Cc1[nH]c(Cc2ccsc2)nc1-c1ccc(Cl)cc1Cl. The summed E-state index contributed by atoms with van der Waals surface area (Å²) < 4.78 is 0. The monoisotopic (exact) mass is 322 g/mol. The van der Waals surface area contributed by atoms with Gasteiger partial charge in [0, 0.05) is 22.7 Å². The van der Waals surface area contributed by atoms with E-state index in [0.717, 1.165) is 29.2 Å². The molecule has 0 bridgehead atoms. The Morgan fingerprint density at radius 1 is 1.25 bits per heavy atom. The average molecular weight is 323 g/mol. The lowest BCUT2D eigenvalue weighted by molar-refractivity contribution is 1.02. The second kappa shape index (κ2) is 5.60.